The van der Waals surface area contributed by atoms with E-state index in [-0.39, 0.29) is 29.2 Å². The van der Waals surface area contributed by atoms with Crippen LogP contribution in [0.25, 0.3) is 11.0 Å². The number of hydrogen-bond acceptors (Lipinski definition) is 4. The molecule has 6 rings (SSSR count). The van der Waals surface area contributed by atoms with E-state index in [1.54, 1.807) is 31.3 Å². The predicted octanol–water partition coefficient (Wildman–Crippen LogP) is 3.71. The molecule has 162 valence electrons. The summed E-state index contributed by atoms with van der Waals surface area (Å²) in [5, 5.41) is 0.355. The number of carbonyl (C=O) groups is 2. The second-order valence-electron chi connectivity index (χ2n) is 8.42. The van der Waals surface area contributed by atoms with Crippen molar-refractivity contribution in [1.29, 1.82) is 0 Å². The molecule has 1 spiro atoms. The van der Waals surface area contributed by atoms with Gasteiger partial charge in [0.2, 0.25) is 5.76 Å². The Morgan fingerprint density at radius 1 is 0.848 bits per heavy atom. The fourth-order valence-electron chi connectivity index (χ4n) is 5.23. The van der Waals surface area contributed by atoms with E-state index in [4.69, 9.17) is 4.42 Å². The van der Waals surface area contributed by atoms with Crippen molar-refractivity contribution in [3.8, 4) is 0 Å². The van der Waals surface area contributed by atoms with Crippen molar-refractivity contribution >= 4 is 28.5 Å². The van der Waals surface area contributed by atoms with Crippen molar-refractivity contribution in [1.82, 2.24) is 4.90 Å². The number of para-hydroxylation sites is 2. The molecule has 0 saturated heterocycles. The number of likely N-dealkylation sites (N-methyl/N-ethyl adjacent to an activating group) is 1. The molecule has 1 aromatic heterocycles. The van der Waals surface area contributed by atoms with Crippen LogP contribution in [-0.2, 0) is 16.8 Å². The molecule has 0 saturated carbocycles. The number of amides is 2. The largest absolute Gasteiger partial charge is 0.450 e. The standard InChI is InChI=1S/C27H20N2O4/c1-28-20-13-7-6-12-19(20)27(26(28)32)22-23(30)18-11-5-8-14-21(18)33-24(22)25(31)29(27)16-15-17-9-3-2-4-10-17/h2-14H,15-16H2,1H3. The van der Waals surface area contributed by atoms with E-state index in [0.29, 0.717) is 28.6 Å². The number of fused-ring (bicyclic) bond motifs is 5. The van der Waals surface area contributed by atoms with Gasteiger partial charge in [0.1, 0.15) is 5.58 Å². The summed E-state index contributed by atoms with van der Waals surface area (Å²) in [7, 11) is 1.68. The van der Waals surface area contributed by atoms with Crippen LogP contribution in [0.3, 0.4) is 0 Å². The van der Waals surface area contributed by atoms with E-state index in [2.05, 4.69) is 0 Å². The highest BCUT2D eigenvalue weighted by Gasteiger charge is 2.64. The minimum atomic E-state index is -1.54. The van der Waals surface area contributed by atoms with Crippen LogP contribution in [0.5, 0.6) is 0 Å². The van der Waals surface area contributed by atoms with Gasteiger partial charge in [0.05, 0.1) is 10.9 Å². The van der Waals surface area contributed by atoms with E-state index in [1.165, 1.54) is 9.80 Å². The van der Waals surface area contributed by atoms with Gasteiger partial charge in [-0.3, -0.25) is 14.4 Å². The lowest BCUT2D eigenvalue weighted by Gasteiger charge is -2.34. The zero-order valence-corrected chi connectivity index (χ0v) is 17.9. The van der Waals surface area contributed by atoms with Gasteiger partial charge in [0.15, 0.2) is 11.0 Å². The minimum Gasteiger partial charge on any atom is -0.450 e. The van der Waals surface area contributed by atoms with Crippen LogP contribution >= 0.6 is 0 Å². The van der Waals surface area contributed by atoms with E-state index in [9.17, 15) is 14.4 Å². The summed E-state index contributed by atoms with van der Waals surface area (Å²) in [5.74, 6) is -0.820. The summed E-state index contributed by atoms with van der Waals surface area (Å²) in [5.41, 5.74) is 0.897. The van der Waals surface area contributed by atoms with Gasteiger partial charge in [-0.1, -0.05) is 60.7 Å². The van der Waals surface area contributed by atoms with Crippen molar-refractivity contribution in [3.63, 3.8) is 0 Å². The first kappa shape index (κ1) is 19.5. The van der Waals surface area contributed by atoms with Crippen LogP contribution in [0.1, 0.15) is 27.2 Å². The molecule has 2 aliphatic rings. The Bertz CT molecular complexity index is 1510. The second-order valence-corrected chi connectivity index (χ2v) is 8.42. The van der Waals surface area contributed by atoms with Crippen LogP contribution in [-0.4, -0.2) is 30.3 Å². The highest BCUT2D eigenvalue weighted by molar-refractivity contribution is 6.16. The van der Waals surface area contributed by atoms with Gasteiger partial charge in [-0.2, -0.15) is 0 Å². The van der Waals surface area contributed by atoms with Gasteiger partial charge < -0.3 is 14.2 Å². The van der Waals surface area contributed by atoms with Gasteiger partial charge in [-0.05, 0) is 30.2 Å². The third-order valence-electron chi connectivity index (χ3n) is 6.74. The average molecular weight is 436 g/mol. The molecule has 0 N–H and O–H groups in total. The topological polar surface area (TPSA) is 70.8 Å². The Hall–Kier alpha value is -4.19. The maximum Gasteiger partial charge on any atom is 0.291 e. The molecular weight excluding hydrogens is 416 g/mol. The summed E-state index contributed by atoms with van der Waals surface area (Å²) >= 11 is 0. The van der Waals surface area contributed by atoms with E-state index in [0.717, 1.165) is 5.56 Å². The number of anilines is 1. The monoisotopic (exact) mass is 436 g/mol. The number of nitrogens with zero attached hydrogens (tertiary/aromatic N) is 2. The molecule has 6 heteroatoms. The third kappa shape index (κ3) is 2.46. The number of carbonyl (C=O) groups excluding carboxylic acids is 2. The molecule has 1 atom stereocenters. The Morgan fingerprint density at radius 2 is 1.55 bits per heavy atom. The fourth-order valence-corrected chi connectivity index (χ4v) is 5.23. The molecule has 0 aliphatic carbocycles. The van der Waals surface area contributed by atoms with Crippen molar-refractivity contribution in [2.75, 3.05) is 18.5 Å². The number of rotatable bonds is 3. The first-order valence-electron chi connectivity index (χ1n) is 10.8. The quantitative estimate of drug-likeness (QED) is 0.491. The van der Waals surface area contributed by atoms with Crippen molar-refractivity contribution in [3.05, 3.63) is 112 Å². The van der Waals surface area contributed by atoms with Crippen molar-refractivity contribution in [2.24, 2.45) is 0 Å². The van der Waals surface area contributed by atoms with E-state index in [1.807, 2.05) is 54.6 Å². The average Bonchev–Trinajstić information content (AvgIpc) is 3.23. The lowest BCUT2D eigenvalue weighted by molar-refractivity contribution is -0.125. The van der Waals surface area contributed by atoms with E-state index >= 15 is 0 Å². The summed E-state index contributed by atoms with van der Waals surface area (Å²) in [4.78, 5) is 44.6. The zero-order valence-electron chi connectivity index (χ0n) is 17.9. The number of hydrogen-bond donors (Lipinski definition) is 0. The van der Waals surface area contributed by atoms with Gasteiger partial charge in [0.25, 0.3) is 11.8 Å². The molecule has 0 radical (unpaired) electrons. The van der Waals surface area contributed by atoms with E-state index < -0.39 is 11.4 Å². The first-order valence-corrected chi connectivity index (χ1v) is 10.8. The fraction of sp³-hybridized carbons (Fsp3) is 0.148. The van der Waals surface area contributed by atoms with Crippen LogP contribution in [0.4, 0.5) is 5.69 Å². The third-order valence-corrected chi connectivity index (χ3v) is 6.74. The highest BCUT2D eigenvalue weighted by Crippen LogP contribution is 2.52. The van der Waals surface area contributed by atoms with Gasteiger partial charge >= 0.3 is 0 Å². The Labute approximate surface area is 189 Å². The number of benzene rings is 3. The Kier molecular flexibility index (Phi) is 4.08. The molecule has 4 aromatic rings. The van der Waals surface area contributed by atoms with Crippen LogP contribution in [0.15, 0.2) is 88.1 Å². The lowest BCUT2D eigenvalue weighted by atomic mass is 9.84. The first-order chi connectivity index (χ1) is 16.0. The smallest absolute Gasteiger partial charge is 0.291 e. The van der Waals surface area contributed by atoms with Crippen LogP contribution in [0, 0.1) is 0 Å². The second kappa shape index (κ2) is 6.90. The molecule has 0 bridgehead atoms. The molecule has 0 fully saturated rings. The van der Waals surface area contributed by atoms with Crippen LogP contribution in [0.2, 0.25) is 0 Å². The zero-order chi connectivity index (χ0) is 22.7. The summed E-state index contributed by atoms with van der Waals surface area (Å²) < 4.78 is 6.00. The molecule has 33 heavy (non-hydrogen) atoms. The highest BCUT2D eigenvalue weighted by atomic mass is 16.3. The molecule has 6 nitrogen and oxygen atoms in total. The minimum absolute atomic E-state index is 0.0507. The Morgan fingerprint density at radius 3 is 2.36 bits per heavy atom. The van der Waals surface area contributed by atoms with Crippen molar-refractivity contribution < 1.29 is 14.0 Å². The summed E-state index contributed by atoms with van der Waals surface area (Å²) in [6.07, 6.45) is 0.537. The van der Waals surface area contributed by atoms with Gasteiger partial charge in [-0.15, -0.1) is 0 Å². The predicted molar refractivity (Wildman–Crippen MR) is 124 cm³/mol. The lowest BCUT2D eigenvalue weighted by Crippen LogP contribution is -2.53. The van der Waals surface area contributed by atoms with Crippen molar-refractivity contribution in [2.45, 2.75) is 12.0 Å². The molecule has 3 aromatic carbocycles. The summed E-state index contributed by atoms with van der Waals surface area (Å²) in [6, 6.07) is 23.9. The van der Waals surface area contributed by atoms with Crippen LogP contribution < -0.4 is 10.3 Å². The maximum atomic E-state index is 14.0. The van der Waals surface area contributed by atoms with Gasteiger partial charge in [0, 0.05) is 24.8 Å². The molecule has 2 aliphatic heterocycles. The summed E-state index contributed by atoms with van der Waals surface area (Å²) in [6.45, 7) is 0.261. The van der Waals surface area contributed by atoms with Gasteiger partial charge in [-0.25, -0.2) is 0 Å². The molecule has 2 amide bonds. The maximum absolute atomic E-state index is 14.0. The SMILES string of the molecule is CN1C(=O)C2(c3ccccc31)c1c(oc3ccccc3c1=O)C(=O)N2CCc1ccccc1. The molecule has 1 unspecified atom stereocenters. The molecule has 3 heterocycles. The Balaban J connectivity index is 1.64. The molecular formula is C27H20N2O4. The normalized spacial score (nSPS) is 18.9.